The van der Waals surface area contributed by atoms with E-state index in [2.05, 4.69) is 14.5 Å². The van der Waals surface area contributed by atoms with Gasteiger partial charge in [0.2, 0.25) is 0 Å². The van der Waals surface area contributed by atoms with E-state index in [1.54, 1.807) is 24.3 Å². The Morgan fingerprint density at radius 1 is 1.29 bits per heavy atom. The largest absolute Gasteiger partial charge is 0.388 e. The number of aliphatic hydroxyl groups excluding tert-OH is 1. The standard InChI is InChI=1S/C17H22N4O3/c1-24-15-9-20(8-14(15)22)17(23)11-6-13-16(18-7-11)21(10-19-13)12-4-2-3-5-12/h6-7,10,12,14-15,22H,2-5,8-9H2,1H3/t14-,15-/m0/s1. The van der Waals surface area contributed by atoms with Crippen LogP contribution >= 0.6 is 0 Å². The van der Waals surface area contributed by atoms with Crippen LogP contribution in [0.2, 0.25) is 0 Å². The zero-order valence-corrected chi connectivity index (χ0v) is 13.8. The molecule has 7 heteroatoms. The molecule has 2 aromatic heterocycles. The lowest BCUT2D eigenvalue weighted by atomic mass is 10.2. The Morgan fingerprint density at radius 3 is 2.79 bits per heavy atom. The first-order chi connectivity index (χ1) is 11.7. The fourth-order valence-electron chi connectivity index (χ4n) is 3.82. The molecule has 1 N–H and O–H groups in total. The van der Waals surface area contributed by atoms with Gasteiger partial charge in [-0.25, -0.2) is 9.97 Å². The van der Waals surface area contributed by atoms with Crippen molar-refractivity contribution in [3.8, 4) is 0 Å². The van der Waals surface area contributed by atoms with Gasteiger partial charge in [-0.2, -0.15) is 0 Å². The van der Waals surface area contributed by atoms with Crippen molar-refractivity contribution in [3.63, 3.8) is 0 Å². The number of aromatic nitrogens is 3. The van der Waals surface area contributed by atoms with E-state index in [4.69, 9.17) is 4.74 Å². The molecule has 0 spiro atoms. The van der Waals surface area contributed by atoms with E-state index >= 15 is 0 Å². The number of pyridine rings is 1. The Labute approximate surface area is 140 Å². The molecule has 0 radical (unpaired) electrons. The maximum atomic E-state index is 12.6. The van der Waals surface area contributed by atoms with E-state index in [0.717, 1.165) is 24.0 Å². The molecule has 1 saturated heterocycles. The Morgan fingerprint density at radius 2 is 2.08 bits per heavy atom. The number of ether oxygens (including phenoxy) is 1. The number of fused-ring (bicyclic) bond motifs is 1. The Kier molecular flexibility index (Phi) is 3.97. The molecule has 24 heavy (non-hydrogen) atoms. The highest BCUT2D eigenvalue weighted by atomic mass is 16.5. The third-order valence-electron chi connectivity index (χ3n) is 5.20. The molecule has 2 atom stereocenters. The van der Waals surface area contributed by atoms with Crippen molar-refractivity contribution in [1.82, 2.24) is 19.4 Å². The van der Waals surface area contributed by atoms with Crippen LogP contribution in [0.4, 0.5) is 0 Å². The van der Waals surface area contributed by atoms with E-state index in [1.807, 2.05) is 6.33 Å². The number of rotatable bonds is 3. The third-order valence-corrected chi connectivity index (χ3v) is 5.20. The lowest BCUT2D eigenvalue weighted by Gasteiger charge is -2.16. The Balaban J connectivity index is 1.58. The van der Waals surface area contributed by atoms with Crippen LogP contribution in [0.1, 0.15) is 42.1 Å². The molecule has 3 heterocycles. The summed E-state index contributed by atoms with van der Waals surface area (Å²) in [6, 6.07) is 2.27. The predicted molar refractivity (Wildman–Crippen MR) is 87.7 cm³/mol. The van der Waals surface area contributed by atoms with Crippen LogP contribution in [0.25, 0.3) is 11.2 Å². The lowest BCUT2D eigenvalue weighted by molar-refractivity contribution is 0.0215. The number of hydrogen-bond acceptors (Lipinski definition) is 5. The normalized spacial score (nSPS) is 25.0. The maximum Gasteiger partial charge on any atom is 0.255 e. The maximum absolute atomic E-state index is 12.6. The van der Waals surface area contributed by atoms with E-state index in [0.29, 0.717) is 18.2 Å². The van der Waals surface area contributed by atoms with Crippen LogP contribution in [0, 0.1) is 0 Å². The highest BCUT2D eigenvalue weighted by molar-refractivity contribution is 5.96. The molecular formula is C17H22N4O3. The molecule has 128 valence electrons. The molecular weight excluding hydrogens is 308 g/mol. The second kappa shape index (κ2) is 6.14. The second-order valence-electron chi connectivity index (χ2n) is 6.71. The van der Waals surface area contributed by atoms with E-state index in [9.17, 15) is 9.90 Å². The topological polar surface area (TPSA) is 80.5 Å². The molecule has 1 aliphatic heterocycles. The number of aliphatic hydroxyl groups is 1. The van der Waals surface area contributed by atoms with Crippen LogP contribution in [-0.2, 0) is 4.74 Å². The zero-order valence-electron chi connectivity index (χ0n) is 13.8. The van der Waals surface area contributed by atoms with Crippen LogP contribution in [0.15, 0.2) is 18.6 Å². The Hall–Kier alpha value is -1.99. The summed E-state index contributed by atoms with van der Waals surface area (Å²) in [5.41, 5.74) is 2.09. The second-order valence-corrected chi connectivity index (χ2v) is 6.71. The summed E-state index contributed by atoms with van der Waals surface area (Å²) < 4.78 is 7.33. The van der Waals surface area contributed by atoms with Gasteiger partial charge in [-0.3, -0.25) is 4.79 Å². The summed E-state index contributed by atoms with van der Waals surface area (Å²) in [4.78, 5) is 23.2. The van der Waals surface area contributed by atoms with Gasteiger partial charge in [-0.05, 0) is 18.9 Å². The number of nitrogens with zero attached hydrogens (tertiary/aromatic N) is 4. The van der Waals surface area contributed by atoms with Crippen LogP contribution in [-0.4, -0.2) is 62.9 Å². The SMILES string of the molecule is CO[C@H]1CN(C(=O)c2cnc3c(c2)ncn3C2CCCC2)C[C@@H]1O. The van der Waals surface area contributed by atoms with Crippen molar-refractivity contribution in [2.45, 2.75) is 43.9 Å². The molecule has 0 unspecified atom stereocenters. The number of carbonyl (C=O) groups excluding carboxylic acids is 1. The average Bonchev–Trinajstić information content (AvgIpc) is 3.32. The van der Waals surface area contributed by atoms with Crippen LogP contribution < -0.4 is 0 Å². The van der Waals surface area contributed by atoms with Gasteiger partial charge in [0.25, 0.3) is 5.91 Å². The first-order valence-corrected chi connectivity index (χ1v) is 8.50. The highest BCUT2D eigenvalue weighted by Gasteiger charge is 2.34. The summed E-state index contributed by atoms with van der Waals surface area (Å²) in [5, 5.41) is 9.90. The minimum Gasteiger partial charge on any atom is -0.388 e. The van der Waals surface area contributed by atoms with E-state index in [1.165, 1.54) is 12.8 Å². The number of amides is 1. The van der Waals surface area contributed by atoms with Gasteiger partial charge < -0.3 is 19.3 Å². The smallest absolute Gasteiger partial charge is 0.255 e. The number of β-amino-alcohol motifs (C(OH)–C–C–N with tert-alkyl or cyclic N) is 1. The number of likely N-dealkylation sites (tertiary alicyclic amines) is 1. The summed E-state index contributed by atoms with van der Waals surface area (Å²) in [7, 11) is 1.55. The van der Waals surface area contributed by atoms with Gasteiger partial charge in [-0.1, -0.05) is 12.8 Å². The summed E-state index contributed by atoms with van der Waals surface area (Å²) >= 11 is 0. The van der Waals surface area contributed by atoms with Gasteiger partial charge in [0, 0.05) is 32.4 Å². The van der Waals surface area contributed by atoms with Crippen LogP contribution in [0.3, 0.4) is 0 Å². The van der Waals surface area contributed by atoms with Crippen molar-refractivity contribution in [2.24, 2.45) is 0 Å². The van der Waals surface area contributed by atoms with Crippen LogP contribution in [0.5, 0.6) is 0 Å². The minimum atomic E-state index is -0.641. The Bertz CT molecular complexity index is 753. The quantitative estimate of drug-likeness (QED) is 0.919. The molecule has 0 aromatic carbocycles. The number of carbonyl (C=O) groups is 1. The summed E-state index contributed by atoms with van der Waals surface area (Å²) in [6.07, 6.45) is 7.31. The number of methoxy groups -OCH3 is 1. The number of hydrogen-bond donors (Lipinski definition) is 1. The minimum absolute atomic E-state index is 0.140. The first-order valence-electron chi connectivity index (χ1n) is 8.50. The molecule has 1 amide bonds. The van der Waals surface area contributed by atoms with Gasteiger partial charge in [0.1, 0.15) is 11.6 Å². The molecule has 1 saturated carbocycles. The lowest BCUT2D eigenvalue weighted by Crippen LogP contribution is -2.30. The van der Waals surface area contributed by atoms with E-state index in [-0.39, 0.29) is 18.6 Å². The summed E-state index contributed by atoms with van der Waals surface area (Å²) in [6.45, 7) is 0.678. The fourth-order valence-corrected chi connectivity index (χ4v) is 3.82. The fraction of sp³-hybridized carbons (Fsp3) is 0.588. The van der Waals surface area contributed by atoms with Crippen molar-refractivity contribution in [1.29, 1.82) is 0 Å². The van der Waals surface area contributed by atoms with E-state index < -0.39 is 6.10 Å². The molecule has 2 aliphatic rings. The third kappa shape index (κ3) is 2.57. The highest BCUT2D eigenvalue weighted by Crippen LogP contribution is 2.31. The zero-order chi connectivity index (χ0) is 16.7. The predicted octanol–water partition coefficient (Wildman–Crippen LogP) is 1.38. The monoisotopic (exact) mass is 330 g/mol. The van der Waals surface area contributed by atoms with Gasteiger partial charge in [-0.15, -0.1) is 0 Å². The molecule has 2 aromatic rings. The molecule has 1 aliphatic carbocycles. The average molecular weight is 330 g/mol. The van der Waals surface area contributed by atoms with Crippen molar-refractivity contribution >= 4 is 17.1 Å². The molecule has 2 fully saturated rings. The molecule has 7 nitrogen and oxygen atoms in total. The van der Waals surface area contributed by atoms with Gasteiger partial charge >= 0.3 is 0 Å². The van der Waals surface area contributed by atoms with Gasteiger partial charge in [0.05, 0.1) is 18.0 Å². The van der Waals surface area contributed by atoms with Crippen molar-refractivity contribution < 1.29 is 14.6 Å². The summed E-state index contributed by atoms with van der Waals surface area (Å²) in [5.74, 6) is -0.140. The molecule has 0 bridgehead atoms. The number of imidazole rings is 1. The first kappa shape index (κ1) is 15.5. The van der Waals surface area contributed by atoms with Gasteiger partial charge in [0.15, 0.2) is 5.65 Å². The van der Waals surface area contributed by atoms with Crippen molar-refractivity contribution in [3.05, 3.63) is 24.2 Å². The van der Waals surface area contributed by atoms with Crippen molar-refractivity contribution in [2.75, 3.05) is 20.2 Å². The molecule has 4 rings (SSSR count).